The molecule has 2 N–H and O–H groups in total. The van der Waals surface area contributed by atoms with Crippen LogP contribution in [0.2, 0.25) is 0 Å². The lowest BCUT2D eigenvalue weighted by molar-refractivity contribution is -0.384. The van der Waals surface area contributed by atoms with E-state index in [1.54, 1.807) is 0 Å². The Morgan fingerprint density at radius 1 is 1.61 bits per heavy atom. The molecule has 1 unspecified atom stereocenters. The molecule has 0 bridgehead atoms. The van der Waals surface area contributed by atoms with Gasteiger partial charge in [-0.3, -0.25) is 14.9 Å². The third kappa shape index (κ3) is 3.73. The number of nitro groups is 1. The van der Waals surface area contributed by atoms with Gasteiger partial charge in [-0.05, 0) is 12.3 Å². The largest absolute Gasteiger partial charge is 0.351 e. The van der Waals surface area contributed by atoms with E-state index < -0.39 is 4.92 Å². The monoisotopic (exact) mass is 273 g/mol. The molecule has 1 heterocycles. The van der Waals surface area contributed by atoms with Gasteiger partial charge < -0.3 is 10.3 Å². The molecule has 0 spiro atoms. The number of aromatic nitrogens is 1. The Labute approximate surface area is 110 Å². The maximum absolute atomic E-state index is 11.9. The quantitative estimate of drug-likeness (QED) is 0.473. The zero-order chi connectivity index (χ0) is 13.7. The Kier molecular flexibility index (Phi) is 5.15. The molecule has 1 amide bonds. The molecule has 0 aromatic carbocycles. The molecule has 7 heteroatoms. The van der Waals surface area contributed by atoms with Gasteiger partial charge >= 0.3 is 0 Å². The highest BCUT2D eigenvalue weighted by Crippen LogP contribution is 2.13. The van der Waals surface area contributed by atoms with E-state index in [9.17, 15) is 14.9 Å². The average Bonchev–Trinajstić information content (AvgIpc) is 2.77. The first-order valence-corrected chi connectivity index (χ1v) is 6.18. The first-order valence-electron chi connectivity index (χ1n) is 5.65. The lowest BCUT2D eigenvalue weighted by atomic mass is 10.0. The van der Waals surface area contributed by atoms with Crippen molar-refractivity contribution in [2.45, 2.75) is 26.3 Å². The van der Waals surface area contributed by atoms with Gasteiger partial charge in [0.1, 0.15) is 5.69 Å². The van der Waals surface area contributed by atoms with E-state index in [1.807, 2.05) is 13.8 Å². The molecule has 0 aliphatic carbocycles. The van der Waals surface area contributed by atoms with Crippen molar-refractivity contribution in [3.05, 3.63) is 28.1 Å². The second-order valence-corrected chi connectivity index (χ2v) is 4.71. The van der Waals surface area contributed by atoms with E-state index in [-0.39, 0.29) is 29.2 Å². The number of carbonyl (C=O) groups excluding carboxylic acids is 1. The van der Waals surface area contributed by atoms with E-state index in [1.165, 1.54) is 12.3 Å². The summed E-state index contributed by atoms with van der Waals surface area (Å²) in [4.78, 5) is 24.4. The van der Waals surface area contributed by atoms with Crippen LogP contribution >= 0.6 is 11.6 Å². The van der Waals surface area contributed by atoms with Crippen molar-refractivity contribution >= 4 is 23.2 Å². The Morgan fingerprint density at radius 3 is 2.72 bits per heavy atom. The molecule has 0 aliphatic rings. The number of nitrogens with one attached hydrogen (secondary N) is 2. The van der Waals surface area contributed by atoms with E-state index in [0.717, 1.165) is 0 Å². The van der Waals surface area contributed by atoms with Gasteiger partial charge in [-0.25, -0.2) is 0 Å². The van der Waals surface area contributed by atoms with Crippen LogP contribution in [-0.4, -0.2) is 27.7 Å². The Hall–Kier alpha value is -1.56. The molecule has 0 aliphatic heterocycles. The van der Waals surface area contributed by atoms with Gasteiger partial charge in [0.05, 0.1) is 11.1 Å². The summed E-state index contributed by atoms with van der Waals surface area (Å²) in [5, 5.41) is 13.3. The highest BCUT2D eigenvalue weighted by molar-refractivity contribution is 6.17. The summed E-state index contributed by atoms with van der Waals surface area (Å²) in [7, 11) is 0. The fourth-order valence-electron chi connectivity index (χ4n) is 1.56. The lowest BCUT2D eigenvalue weighted by Gasteiger charge is -2.20. The number of nitrogens with zero attached hydrogens (tertiary/aromatic N) is 1. The third-order valence-electron chi connectivity index (χ3n) is 2.66. The molecule has 6 nitrogen and oxygen atoms in total. The van der Waals surface area contributed by atoms with Gasteiger partial charge in [0.2, 0.25) is 0 Å². The highest BCUT2D eigenvalue weighted by atomic mass is 35.5. The zero-order valence-electron chi connectivity index (χ0n) is 10.3. The van der Waals surface area contributed by atoms with Crippen LogP contribution in [0.25, 0.3) is 0 Å². The second-order valence-electron chi connectivity index (χ2n) is 4.33. The summed E-state index contributed by atoms with van der Waals surface area (Å²) in [6.45, 7) is 3.96. The molecule has 1 aromatic rings. The number of rotatable bonds is 6. The van der Waals surface area contributed by atoms with Crippen molar-refractivity contribution < 1.29 is 9.72 Å². The lowest BCUT2D eigenvalue weighted by Crippen LogP contribution is -2.39. The van der Waals surface area contributed by atoms with Gasteiger partial charge in [-0.1, -0.05) is 13.8 Å². The number of aromatic amines is 1. The topological polar surface area (TPSA) is 88.0 Å². The van der Waals surface area contributed by atoms with Crippen LogP contribution in [0, 0.1) is 16.0 Å². The third-order valence-corrected chi connectivity index (χ3v) is 2.88. The summed E-state index contributed by atoms with van der Waals surface area (Å²) in [5.74, 6) is 0.345. The summed E-state index contributed by atoms with van der Waals surface area (Å²) in [5.41, 5.74) is 0.0560. The van der Waals surface area contributed by atoms with E-state index in [0.29, 0.717) is 12.3 Å². The number of amides is 1. The van der Waals surface area contributed by atoms with Crippen LogP contribution in [0.5, 0.6) is 0 Å². The normalized spacial score (nSPS) is 12.4. The molecular weight excluding hydrogens is 258 g/mol. The van der Waals surface area contributed by atoms with Gasteiger partial charge in [-0.2, -0.15) is 0 Å². The van der Waals surface area contributed by atoms with Crippen molar-refractivity contribution in [2.75, 3.05) is 5.88 Å². The molecular formula is C11H16ClN3O3. The molecule has 100 valence electrons. The standard InChI is InChI=1S/C11H16ClN3O3/c1-7(2)9(3-4-12)14-11(16)10-5-8(6-13-10)15(17)18/h5-7,9,13H,3-4H2,1-2H3,(H,14,16). The van der Waals surface area contributed by atoms with Crippen molar-refractivity contribution in [3.63, 3.8) is 0 Å². The summed E-state index contributed by atoms with van der Waals surface area (Å²) in [6.07, 6.45) is 1.86. The SMILES string of the molecule is CC(C)C(CCCl)NC(=O)c1cc([N+](=O)[O-])c[nH]1. The number of hydrogen-bond acceptors (Lipinski definition) is 3. The van der Waals surface area contributed by atoms with Crippen molar-refractivity contribution in [2.24, 2.45) is 5.92 Å². The number of halogens is 1. The fraction of sp³-hybridized carbons (Fsp3) is 0.545. The average molecular weight is 274 g/mol. The Bertz CT molecular complexity index is 431. The first-order chi connectivity index (χ1) is 8.45. The smallest absolute Gasteiger partial charge is 0.287 e. The summed E-state index contributed by atoms with van der Waals surface area (Å²) in [6, 6.07) is 1.17. The van der Waals surface area contributed by atoms with Crippen molar-refractivity contribution in [3.8, 4) is 0 Å². The number of H-pyrrole nitrogens is 1. The fourth-order valence-corrected chi connectivity index (χ4v) is 1.79. The molecule has 0 saturated heterocycles. The van der Waals surface area contributed by atoms with Crippen LogP contribution in [0.3, 0.4) is 0 Å². The Morgan fingerprint density at radius 2 is 2.28 bits per heavy atom. The van der Waals surface area contributed by atoms with E-state index in [2.05, 4.69) is 10.3 Å². The first kappa shape index (κ1) is 14.5. The zero-order valence-corrected chi connectivity index (χ0v) is 11.0. The molecule has 0 saturated carbocycles. The van der Waals surface area contributed by atoms with Crippen LogP contribution in [0.1, 0.15) is 30.8 Å². The van der Waals surface area contributed by atoms with Gasteiger partial charge in [0, 0.05) is 18.0 Å². The second kappa shape index (κ2) is 6.39. The minimum atomic E-state index is -0.550. The van der Waals surface area contributed by atoms with Crippen LogP contribution in [0.15, 0.2) is 12.3 Å². The Balaban J connectivity index is 2.71. The molecule has 0 fully saturated rings. The minimum absolute atomic E-state index is 0.0441. The van der Waals surface area contributed by atoms with Gasteiger partial charge in [0.25, 0.3) is 11.6 Å². The molecule has 1 atom stereocenters. The van der Waals surface area contributed by atoms with Crippen LogP contribution < -0.4 is 5.32 Å². The highest BCUT2D eigenvalue weighted by Gasteiger charge is 2.19. The predicted molar refractivity (Wildman–Crippen MR) is 68.9 cm³/mol. The number of alkyl halides is 1. The van der Waals surface area contributed by atoms with E-state index >= 15 is 0 Å². The van der Waals surface area contributed by atoms with Crippen LogP contribution in [0.4, 0.5) is 5.69 Å². The van der Waals surface area contributed by atoms with Gasteiger partial charge in [-0.15, -0.1) is 11.6 Å². The maximum atomic E-state index is 11.9. The van der Waals surface area contributed by atoms with Crippen molar-refractivity contribution in [1.29, 1.82) is 0 Å². The number of carbonyl (C=O) groups is 1. The van der Waals surface area contributed by atoms with Crippen molar-refractivity contribution in [1.82, 2.24) is 10.3 Å². The van der Waals surface area contributed by atoms with Crippen LogP contribution in [-0.2, 0) is 0 Å². The molecule has 1 rings (SSSR count). The minimum Gasteiger partial charge on any atom is -0.351 e. The number of hydrogen-bond donors (Lipinski definition) is 2. The molecule has 18 heavy (non-hydrogen) atoms. The van der Waals surface area contributed by atoms with Gasteiger partial charge in [0.15, 0.2) is 0 Å². The molecule has 0 radical (unpaired) electrons. The maximum Gasteiger partial charge on any atom is 0.287 e. The predicted octanol–water partition coefficient (Wildman–Crippen LogP) is 2.31. The summed E-state index contributed by atoms with van der Waals surface area (Å²) < 4.78 is 0. The molecule has 1 aromatic heterocycles. The summed E-state index contributed by atoms with van der Waals surface area (Å²) >= 11 is 5.67. The van der Waals surface area contributed by atoms with E-state index in [4.69, 9.17) is 11.6 Å².